The van der Waals surface area contributed by atoms with Crippen LogP contribution in [0.3, 0.4) is 0 Å². The quantitative estimate of drug-likeness (QED) is 0.622. The molecule has 4 heteroatoms. The lowest BCUT2D eigenvalue weighted by molar-refractivity contribution is -0.384. The van der Waals surface area contributed by atoms with E-state index in [-0.39, 0.29) is 22.1 Å². The fourth-order valence-corrected chi connectivity index (χ4v) is 1.96. The molecular formula is C15H24N2O2. The monoisotopic (exact) mass is 264 g/mol. The molecule has 0 radical (unpaired) electrons. The molecule has 0 aliphatic heterocycles. The van der Waals surface area contributed by atoms with Crippen LogP contribution in [0.2, 0.25) is 0 Å². The normalized spacial score (nSPS) is 13.3. The largest absolute Gasteiger partial charge is 0.309 e. The summed E-state index contributed by atoms with van der Waals surface area (Å²) in [5.41, 5.74) is 1.36. The van der Waals surface area contributed by atoms with Gasteiger partial charge in [-0.1, -0.05) is 46.2 Å². The lowest BCUT2D eigenvalue weighted by atomic mass is 9.94. The van der Waals surface area contributed by atoms with Gasteiger partial charge in [-0.15, -0.1) is 0 Å². The van der Waals surface area contributed by atoms with Crippen LogP contribution in [0.15, 0.2) is 24.3 Å². The number of nitrogens with zero attached hydrogens (tertiary/aromatic N) is 1. The van der Waals surface area contributed by atoms with Crippen molar-refractivity contribution in [3.63, 3.8) is 0 Å². The third-order valence-corrected chi connectivity index (χ3v) is 2.94. The molecule has 1 atom stereocenters. The van der Waals surface area contributed by atoms with Crippen molar-refractivity contribution in [2.24, 2.45) is 5.41 Å². The van der Waals surface area contributed by atoms with Gasteiger partial charge in [-0.3, -0.25) is 10.1 Å². The van der Waals surface area contributed by atoms with Crippen molar-refractivity contribution in [3.8, 4) is 0 Å². The van der Waals surface area contributed by atoms with Crippen LogP contribution in [0.25, 0.3) is 0 Å². The number of nitro benzene ring substituents is 1. The van der Waals surface area contributed by atoms with Crippen molar-refractivity contribution in [2.75, 3.05) is 6.54 Å². The highest BCUT2D eigenvalue weighted by molar-refractivity contribution is 5.35. The van der Waals surface area contributed by atoms with Crippen molar-refractivity contribution in [1.29, 1.82) is 0 Å². The number of benzene rings is 1. The molecule has 1 aromatic rings. The van der Waals surface area contributed by atoms with E-state index in [1.807, 2.05) is 6.07 Å². The van der Waals surface area contributed by atoms with Crippen LogP contribution in [-0.4, -0.2) is 11.5 Å². The van der Waals surface area contributed by atoms with E-state index < -0.39 is 0 Å². The zero-order chi connectivity index (χ0) is 14.5. The minimum atomic E-state index is -0.337. The second kappa shape index (κ2) is 6.66. The molecule has 1 N–H and O–H groups in total. The Bertz CT molecular complexity index is 424. The smallest absolute Gasteiger partial charge is 0.269 e. The van der Waals surface area contributed by atoms with Crippen molar-refractivity contribution in [1.82, 2.24) is 5.32 Å². The van der Waals surface area contributed by atoms with Crippen LogP contribution >= 0.6 is 0 Å². The Morgan fingerprint density at radius 3 is 2.58 bits per heavy atom. The third kappa shape index (κ3) is 5.39. The zero-order valence-electron chi connectivity index (χ0n) is 12.3. The lowest BCUT2D eigenvalue weighted by Crippen LogP contribution is -2.30. The van der Waals surface area contributed by atoms with Gasteiger partial charge in [0.25, 0.3) is 5.69 Å². The van der Waals surface area contributed by atoms with E-state index in [4.69, 9.17) is 0 Å². The summed E-state index contributed by atoms with van der Waals surface area (Å²) in [6, 6.07) is 7.12. The first kappa shape index (κ1) is 15.6. The minimum Gasteiger partial charge on any atom is -0.309 e. The number of non-ortho nitro benzene ring substituents is 1. The first-order valence-corrected chi connectivity index (χ1v) is 6.81. The van der Waals surface area contributed by atoms with E-state index in [1.165, 1.54) is 6.07 Å². The van der Waals surface area contributed by atoms with Gasteiger partial charge in [0.05, 0.1) is 4.92 Å². The molecular weight excluding hydrogens is 240 g/mol. The van der Waals surface area contributed by atoms with Gasteiger partial charge in [-0.25, -0.2) is 0 Å². The summed E-state index contributed by atoms with van der Waals surface area (Å²) >= 11 is 0. The second-order valence-electron chi connectivity index (χ2n) is 6.13. The molecule has 0 aromatic heterocycles. The van der Waals surface area contributed by atoms with Crippen LogP contribution < -0.4 is 5.32 Å². The number of nitrogens with one attached hydrogen (secondary N) is 1. The summed E-state index contributed by atoms with van der Waals surface area (Å²) in [6.45, 7) is 9.55. The first-order chi connectivity index (χ1) is 8.83. The summed E-state index contributed by atoms with van der Waals surface area (Å²) in [6.07, 6.45) is 2.03. The van der Waals surface area contributed by atoms with E-state index in [1.54, 1.807) is 12.1 Å². The molecule has 0 saturated carbocycles. The maximum atomic E-state index is 10.8. The van der Waals surface area contributed by atoms with Crippen molar-refractivity contribution in [2.45, 2.75) is 46.6 Å². The number of hydrogen-bond donors (Lipinski definition) is 1. The molecule has 0 heterocycles. The predicted molar refractivity (Wildman–Crippen MR) is 78.2 cm³/mol. The average Bonchev–Trinajstić information content (AvgIpc) is 2.33. The third-order valence-electron chi connectivity index (χ3n) is 2.94. The molecule has 0 saturated heterocycles. The Kier molecular flexibility index (Phi) is 5.48. The van der Waals surface area contributed by atoms with Gasteiger partial charge in [-0.05, 0) is 17.4 Å². The molecule has 1 aromatic carbocycles. The van der Waals surface area contributed by atoms with Gasteiger partial charge in [0.15, 0.2) is 0 Å². The minimum absolute atomic E-state index is 0.163. The molecule has 0 aliphatic carbocycles. The predicted octanol–water partition coefficient (Wildman–Crippen LogP) is 4.07. The summed E-state index contributed by atoms with van der Waals surface area (Å²) < 4.78 is 0. The number of nitro groups is 1. The van der Waals surface area contributed by atoms with Gasteiger partial charge in [-0.2, -0.15) is 0 Å². The number of rotatable bonds is 6. The van der Waals surface area contributed by atoms with Crippen molar-refractivity contribution >= 4 is 5.69 Å². The zero-order valence-corrected chi connectivity index (χ0v) is 12.3. The SMILES string of the molecule is CCCC(NCC(C)(C)C)c1cccc([N+](=O)[O-])c1. The highest BCUT2D eigenvalue weighted by Gasteiger charge is 2.17. The maximum absolute atomic E-state index is 10.8. The molecule has 1 rings (SSSR count). The molecule has 1 unspecified atom stereocenters. The lowest BCUT2D eigenvalue weighted by Gasteiger charge is -2.25. The summed E-state index contributed by atoms with van der Waals surface area (Å²) in [7, 11) is 0. The van der Waals surface area contributed by atoms with Crippen LogP contribution in [-0.2, 0) is 0 Å². The Morgan fingerprint density at radius 1 is 1.37 bits per heavy atom. The standard InChI is InChI=1S/C15H24N2O2/c1-5-7-14(16-11-15(2,3)4)12-8-6-9-13(10-12)17(18)19/h6,8-10,14,16H,5,7,11H2,1-4H3. The highest BCUT2D eigenvalue weighted by atomic mass is 16.6. The highest BCUT2D eigenvalue weighted by Crippen LogP contribution is 2.24. The summed E-state index contributed by atoms with van der Waals surface area (Å²) in [5, 5.41) is 14.4. The van der Waals surface area contributed by atoms with E-state index >= 15 is 0 Å². The van der Waals surface area contributed by atoms with Gasteiger partial charge >= 0.3 is 0 Å². The van der Waals surface area contributed by atoms with Gasteiger partial charge in [0.2, 0.25) is 0 Å². The molecule has 0 bridgehead atoms. The second-order valence-corrected chi connectivity index (χ2v) is 6.13. The van der Waals surface area contributed by atoms with Crippen LogP contribution in [0.4, 0.5) is 5.69 Å². The molecule has 19 heavy (non-hydrogen) atoms. The summed E-state index contributed by atoms with van der Waals surface area (Å²) in [5.74, 6) is 0. The molecule has 0 aliphatic rings. The fraction of sp³-hybridized carbons (Fsp3) is 0.600. The van der Waals surface area contributed by atoms with Crippen molar-refractivity contribution < 1.29 is 4.92 Å². The Hall–Kier alpha value is -1.42. The fourth-order valence-electron chi connectivity index (χ4n) is 1.96. The van der Waals surface area contributed by atoms with Crippen LogP contribution in [0, 0.1) is 15.5 Å². The first-order valence-electron chi connectivity index (χ1n) is 6.81. The Balaban J connectivity index is 2.86. The topological polar surface area (TPSA) is 55.2 Å². The van der Waals surface area contributed by atoms with E-state index in [0.29, 0.717) is 0 Å². The molecule has 0 spiro atoms. The van der Waals surface area contributed by atoms with E-state index in [2.05, 4.69) is 33.0 Å². The van der Waals surface area contributed by atoms with E-state index in [9.17, 15) is 10.1 Å². The Morgan fingerprint density at radius 2 is 2.05 bits per heavy atom. The molecule has 0 fully saturated rings. The molecule has 0 amide bonds. The average molecular weight is 264 g/mol. The Labute approximate surface area is 115 Å². The maximum Gasteiger partial charge on any atom is 0.269 e. The van der Waals surface area contributed by atoms with Crippen LogP contribution in [0.5, 0.6) is 0 Å². The van der Waals surface area contributed by atoms with Crippen molar-refractivity contribution in [3.05, 3.63) is 39.9 Å². The van der Waals surface area contributed by atoms with Gasteiger partial charge < -0.3 is 5.32 Å². The van der Waals surface area contributed by atoms with Crippen LogP contribution in [0.1, 0.15) is 52.1 Å². The number of hydrogen-bond acceptors (Lipinski definition) is 3. The van der Waals surface area contributed by atoms with Gasteiger partial charge in [0.1, 0.15) is 0 Å². The molecule has 4 nitrogen and oxygen atoms in total. The molecule has 106 valence electrons. The van der Waals surface area contributed by atoms with E-state index in [0.717, 1.165) is 24.9 Å². The summed E-state index contributed by atoms with van der Waals surface area (Å²) in [4.78, 5) is 10.5. The van der Waals surface area contributed by atoms with Gasteiger partial charge in [0, 0.05) is 24.7 Å².